The van der Waals surface area contributed by atoms with Gasteiger partial charge in [-0.05, 0) is 39.3 Å². The second kappa shape index (κ2) is 6.81. The van der Waals surface area contributed by atoms with E-state index in [1.807, 2.05) is 32.9 Å². The van der Waals surface area contributed by atoms with E-state index in [-0.39, 0.29) is 11.9 Å². The van der Waals surface area contributed by atoms with Crippen LogP contribution < -0.4 is 4.74 Å². The molecule has 0 saturated heterocycles. The Morgan fingerprint density at radius 1 is 1.23 bits per heavy atom. The minimum absolute atomic E-state index is 0.0432. The number of hydrogen-bond acceptors (Lipinski definition) is 4. The molecule has 0 spiro atoms. The van der Waals surface area contributed by atoms with E-state index in [0.717, 1.165) is 0 Å². The number of nitrogens with zero attached hydrogens (tertiary/aromatic N) is 1. The van der Waals surface area contributed by atoms with E-state index in [9.17, 15) is 9.59 Å². The summed E-state index contributed by atoms with van der Waals surface area (Å²) in [5.74, 6) is 0.625. The second-order valence-electron chi connectivity index (χ2n) is 6.34. The first kappa shape index (κ1) is 16.3. The average Bonchev–Trinajstić information content (AvgIpc) is 2.44. The van der Waals surface area contributed by atoms with E-state index in [2.05, 4.69) is 0 Å². The fourth-order valence-electron chi connectivity index (χ4n) is 2.27. The number of Topliss-reactive ketones (excluding diaryl/α,β-unsaturated/α-hetero) is 1. The Labute approximate surface area is 131 Å². The molecule has 5 nitrogen and oxygen atoms in total. The number of rotatable bonds is 0. The van der Waals surface area contributed by atoms with Gasteiger partial charge >= 0.3 is 6.09 Å². The van der Waals surface area contributed by atoms with Crippen molar-refractivity contribution in [2.24, 2.45) is 0 Å². The van der Waals surface area contributed by atoms with Gasteiger partial charge in [-0.1, -0.05) is 12.1 Å². The van der Waals surface area contributed by atoms with E-state index < -0.39 is 5.60 Å². The summed E-state index contributed by atoms with van der Waals surface area (Å²) in [5, 5.41) is 0. The molecule has 1 aliphatic heterocycles. The second-order valence-corrected chi connectivity index (χ2v) is 6.34. The molecule has 22 heavy (non-hydrogen) atoms. The summed E-state index contributed by atoms with van der Waals surface area (Å²) in [7, 11) is 0. The zero-order valence-electron chi connectivity index (χ0n) is 13.4. The van der Waals surface area contributed by atoms with Gasteiger partial charge in [0.05, 0.1) is 12.1 Å². The molecule has 0 aliphatic carbocycles. The van der Waals surface area contributed by atoms with Crippen molar-refractivity contribution in [1.29, 1.82) is 0 Å². The summed E-state index contributed by atoms with van der Waals surface area (Å²) in [5.41, 5.74) is 0.0867. The van der Waals surface area contributed by atoms with Crippen LogP contribution in [0.1, 0.15) is 44.0 Å². The van der Waals surface area contributed by atoms with Gasteiger partial charge in [-0.25, -0.2) is 4.79 Å². The van der Waals surface area contributed by atoms with E-state index >= 15 is 0 Å². The summed E-state index contributed by atoms with van der Waals surface area (Å²) >= 11 is 0. The lowest BCUT2D eigenvalue weighted by Gasteiger charge is -2.28. The predicted octanol–water partition coefficient (Wildman–Crippen LogP) is 3.28. The van der Waals surface area contributed by atoms with Gasteiger partial charge in [-0.2, -0.15) is 0 Å². The predicted molar refractivity (Wildman–Crippen MR) is 83.3 cm³/mol. The van der Waals surface area contributed by atoms with Gasteiger partial charge in [-0.3, -0.25) is 4.79 Å². The quantitative estimate of drug-likeness (QED) is 0.738. The molecule has 0 saturated carbocycles. The Kier molecular flexibility index (Phi) is 5.06. The van der Waals surface area contributed by atoms with Crippen LogP contribution in [0.5, 0.6) is 5.75 Å². The van der Waals surface area contributed by atoms with Crippen molar-refractivity contribution < 1.29 is 19.1 Å². The number of benzene rings is 1. The highest BCUT2D eigenvalue weighted by atomic mass is 16.6. The molecular weight excluding hydrogens is 282 g/mol. The Morgan fingerprint density at radius 2 is 1.95 bits per heavy atom. The highest BCUT2D eigenvalue weighted by molar-refractivity contribution is 5.98. The number of carbonyl (C=O) groups is 2. The maximum absolute atomic E-state index is 12.2. The number of ketones is 1. The fourth-order valence-corrected chi connectivity index (χ4v) is 2.27. The van der Waals surface area contributed by atoms with Crippen molar-refractivity contribution in [2.75, 3.05) is 19.7 Å². The highest BCUT2D eigenvalue weighted by Gasteiger charge is 2.23. The maximum Gasteiger partial charge on any atom is 0.410 e. The molecule has 0 N–H and O–H groups in total. The Balaban J connectivity index is 2.07. The van der Waals surface area contributed by atoms with E-state index in [1.54, 1.807) is 17.0 Å². The lowest BCUT2D eigenvalue weighted by molar-refractivity contribution is 0.0220. The number of fused-ring (bicyclic) bond motifs is 1. The molecule has 0 radical (unpaired) electrons. The molecule has 0 atom stereocenters. The monoisotopic (exact) mass is 305 g/mol. The first-order chi connectivity index (χ1) is 10.4. The topological polar surface area (TPSA) is 55.8 Å². The normalized spacial score (nSPS) is 16.5. The Morgan fingerprint density at radius 3 is 2.68 bits per heavy atom. The molecule has 1 amide bonds. The minimum Gasteiger partial charge on any atom is -0.491 e. The van der Waals surface area contributed by atoms with Crippen LogP contribution in [0.3, 0.4) is 0 Å². The van der Waals surface area contributed by atoms with Crippen LogP contribution in [-0.4, -0.2) is 42.1 Å². The Hall–Kier alpha value is -2.04. The van der Waals surface area contributed by atoms with Gasteiger partial charge in [0.2, 0.25) is 0 Å². The average molecular weight is 305 g/mol. The molecule has 1 aliphatic rings. The van der Waals surface area contributed by atoms with Crippen LogP contribution in [0.2, 0.25) is 0 Å². The summed E-state index contributed by atoms with van der Waals surface area (Å²) in [6.07, 6.45) is 0.643. The Bertz CT molecular complexity index is 548. The van der Waals surface area contributed by atoms with Crippen LogP contribution in [-0.2, 0) is 4.74 Å². The van der Waals surface area contributed by atoms with Crippen LogP contribution in [0.25, 0.3) is 0 Å². The SMILES string of the molecule is CC(C)(C)OC(=O)N1CCCC(=O)c2ccccc2OCC1. The largest absolute Gasteiger partial charge is 0.491 e. The third-order valence-corrected chi connectivity index (χ3v) is 3.29. The molecule has 0 fully saturated rings. The summed E-state index contributed by atoms with van der Waals surface area (Å²) in [6.45, 7) is 6.78. The smallest absolute Gasteiger partial charge is 0.410 e. The molecular formula is C17H23NO4. The van der Waals surface area contributed by atoms with Crippen molar-refractivity contribution in [2.45, 2.75) is 39.2 Å². The zero-order valence-corrected chi connectivity index (χ0v) is 13.4. The van der Waals surface area contributed by atoms with Gasteiger partial charge in [-0.15, -0.1) is 0 Å². The van der Waals surface area contributed by atoms with E-state index in [4.69, 9.17) is 9.47 Å². The van der Waals surface area contributed by atoms with Crippen molar-refractivity contribution >= 4 is 11.9 Å². The number of ether oxygens (including phenoxy) is 2. The lowest BCUT2D eigenvalue weighted by Crippen LogP contribution is -2.40. The van der Waals surface area contributed by atoms with Crippen molar-refractivity contribution in [3.8, 4) is 5.75 Å². The van der Waals surface area contributed by atoms with Crippen LogP contribution in [0.4, 0.5) is 4.79 Å². The third kappa shape index (κ3) is 4.48. The van der Waals surface area contributed by atoms with Gasteiger partial charge < -0.3 is 14.4 Å². The summed E-state index contributed by atoms with van der Waals surface area (Å²) in [6, 6.07) is 7.24. The molecule has 1 aromatic rings. The third-order valence-electron chi connectivity index (χ3n) is 3.29. The van der Waals surface area contributed by atoms with Gasteiger partial charge in [0.15, 0.2) is 5.78 Å². The minimum atomic E-state index is -0.532. The fraction of sp³-hybridized carbons (Fsp3) is 0.529. The van der Waals surface area contributed by atoms with Crippen molar-refractivity contribution in [3.05, 3.63) is 29.8 Å². The zero-order chi connectivity index (χ0) is 16.2. The highest BCUT2D eigenvalue weighted by Crippen LogP contribution is 2.21. The van der Waals surface area contributed by atoms with Gasteiger partial charge in [0.25, 0.3) is 0 Å². The van der Waals surface area contributed by atoms with Crippen molar-refractivity contribution in [3.63, 3.8) is 0 Å². The molecule has 0 unspecified atom stereocenters. The van der Waals surface area contributed by atoms with E-state index in [0.29, 0.717) is 43.9 Å². The molecule has 2 rings (SSSR count). The first-order valence-electron chi connectivity index (χ1n) is 7.60. The molecule has 120 valence electrons. The summed E-state index contributed by atoms with van der Waals surface area (Å²) in [4.78, 5) is 26.0. The number of amides is 1. The number of para-hydroxylation sites is 1. The van der Waals surface area contributed by atoms with E-state index in [1.165, 1.54) is 0 Å². The molecule has 1 heterocycles. The molecule has 5 heteroatoms. The summed E-state index contributed by atoms with van der Waals surface area (Å²) < 4.78 is 11.1. The standard InChI is InChI=1S/C17H23NO4/c1-17(2,3)22-16(20)18-10-6-8-14(19)13-7-4-5-9-15(13)21-12-11-18/h4-5,7,9H,6,8,10-12H2,1-3H3. The lowest BCUT2D eigenvalue weighted by atomic mass is 10.1. The maximum atomic E-state index is 12.2. The molecule has 1 aromatic carbocycles. The van der Waals surface area contributed by atoms with Gasteiger partial charge in [0.1, 0.15) is 18.0 Å². The number of carbonyl (C=O) groups excluding carboxylic acids is 2. The molecule has 0 bridgehead atoms. The first-order valence-corrected chi connectivity index (χ1v) is 7.60. The molecule has 0 aromatic heterocycles. The van der Waals surface area contributed by atoms with Gasteiger partial charge in [0, 0.05) is 13.0 Å². The van der Waals surface area contributed by atoms with Crippen LogP contribution in [0, 0.1) is 0 Å². The van der Waals surface area contributed by atoms with Crippen LogP contribution in [0.15, 0.2) is 24.3 Å². The van der Waals surface area contributed by atoms with Crippen molar-refractivity contribution in [1.82, 2.24) is 4.90 Å². The number of hydrogen-bond donors (Lipinski definition) is 0. The van der Waals surface area contributed by atoms with Crippen LogP contribution >= 0.6 is 0 Å².